The van der Waals surface area contributed by atoms with Crippen LogP contribution in [-0.2, 0) is 0 Å². The van der Waals surface area contributed by atoms with E-state index < -0.39 is 83.2 Å². The fourth-order valence-corrected chi connectivity index (χ4v) is 5.32. The molecule has 5 nitrogen and oxygen atoms in total. The van der Waals surface area contributed by atoms with Gasteiger partial charge >= 0.3 is 0 Å². The van der Waals surface area contributed by atoms with Gasteiger partial charge in [0.25, 0.3) is 0 Å². The van der Waals surface area contributed by atoms with Gasteiger partial charge in [-0.05, 0) is 36.4 Å². The Morgan fingerprint density at radius 2 is 1.14 bits per heavy atom. The summed E-state index contributed by atoms with van der Waals surface area (Å²) in [5, 5.41) is 1.18. The van der Waals surface area contributed by atoms with Gasteiger partial charge < -0.3 is 8.98 Å². The molecule has 0 aliphatic rings. The number of hydrogen-bond acceptors (Lipinski definition) is 4. The first-order valence-corrected chi connectivity index (χ1v) is 13.3. The summed E-state index contributed by atoms with van der Waals surface area (Å²) in [4.78, 5) is 13.4. The Labute approximate surface area is 275 Å². The maximum absolute atomic E-state index is 8.85. The van der Waals surface area contributed by atoms with E-state index in [2.05, 4.69) is 15.0 Å². The summed E-state index contributed by atoms with van der Waals surface area (Å²) < 4.78 is 144. The molecular weight excluding hydrogens is 540 g/mol. The second kappa shape index (κ2) is 9.75. The molecule has 0 aliphatic heterocycles. The van der Waals surface area contributed by atoms with E-state index in [1.807, 2.05) is 0 Å². The van der Waals surface area contributed by atoms with Crippen LogP contribution < -0.4 is 0 Å². The summed E-state index contributed by atoms with van der Waals surface area (Å²) >= 11 is 0. The van der Waals surface area contributed by atoms with Crippen LogP contribution in [0.5, 0.6) is 0 Å². The molecule has 206 valence electrons. The molecule has 9 aromatic rings. The first-order valence-electron chi connectivity index (χ1n) is 21.3. The lowest BCUT2D eigenvalue weighted by Crippen LogP contribution is -2.00. The Bertz CT molecular complexity index is 3200. The van der Waals surface area contributed by atoms with E-state index in [4.69, 9.17) is 26.3 Å². The van der Waals surface area contributed by atoms with Crippen molar-refractivity contribution in [2.24, 2.45) is 0 Å². The quantitative estimate of drug-likeness (QED) is 0.208. The van der Waals surface area contributed by atoms with Crippen LogP contribution in [0.25, 0.3) is 83.6 Å². The normalized spacial score (nSPS) is 16.7. The van der Waals surface area contributed by atoms with Gasteiger partial charge in [0.15, 0.2) is 17.5 Å². The van der Waals surface area contributed by atoms with Crippen LogP contribution in [0.3, 0.4) is 0 Å². The SMILES string of the molecule is [2H]c1cc([2H])c2c(c1[2H])c1c([2H])c([2H])cc([2H])c1n2-c1ccc2oc3c(-c4nc(-c5c([2H])c([2H])c([2H])c([2H])c5[2H])nc(-c5c([2H])c([2H])c([2H])c([2H])c5[2H])n4)cccc3c2c1. The standard InChI is InChI=1S/C39H24N4O/c1-3-12-25(13-4-1)37-40-38(26-14-5-2-6-15-26)42-39(41-37)31-19-11-18-30-32-24-27(22-23-35(32)44-36(30)31)43-33-20-9-7-16-28(33)29-17-8-10-21-34(29)43/h1-24H/i1D,2D,3D,4D,5D,6D,7D,8D,12D,13D,14D,15D,16D,17D,20D,21D. The molecule has 0 N–H and O–H groups in total. The number of benzene rings is 6. The summed E-state index contributed by atoms with van der Waals surface area (Å²) in [6, 6.07) is 4.43. The van der Waals surface area contributed by atoms with Gasteiger partial charge in [0.1, 0.15) is 11.2 Å². The van der Waals surface area contributed by atoms with Crippen molar-refractivity contribution in [3.05, 3.63) is 145 Å². The number of para-hydroxylation sites is 3. The van der Waals surface area contributed by atoms with E-state index in [0.717, 1.165) is 0 Å². The molecule has 0 fully saturated rings. The van der Waals surface area contributed by atoms with Crippen LogP contribution in [0.1, 0.15) is 21.9 Å². The third kappa shape index (κ3) is 3.83. The van der Waals surface area contributed by atoms with Crippen LogP contribution in [0.15, 0.2) is 150 Å². The fraction of sp³-hybridized carbons (Fsp3) is 0. The predicted molar refractivity (Wildman–Crippen MR) is 178 cm³/mol. The van der Waals surface area contributed by atoms with E-state index in [1.54, 1.807) is 41.0 Å². The molecule has 0 saturated heterocycles. The molecule has 0 amide bonds. The molecule has 6 aromatic carbocycles. The first kappa shape index (κ1) is 13.5. The van der Waals surface area contributed by atoms with Crippen molar-refractivity contribution in [3.63, 3.8) is 0 Å². The summed E-state index contributed by atoms with van der Waals surface area (Å²) in [6.45, 7) is 0. The topological polar surface area (TPSA) is 56.7 Å². The van der Waals surface area contributed by atoms with Gasteiger partial charge in [-0.1, -0.05) is 109 Å². The Hall–Kier alpha value is -6.07. The van der Waals surface area contributed by atoms with Gasteiger partial charge in [0, 0.05) is 38.4 Å². The molecule has 3 heterocycles. The third-order valence-corrected chi connectivity index (χ3v) is 7.19. The van der Waals surface area contributed by atoms with Crippen molar-refractivity contribution in [2.45, 2.75) is 0 Å². The largest absolute Gasteiger partial charge is 0.455 e. The van der Waals surface area contributed by atoms with Gasteiger partial charge in [-0.3, -0.25) is 0 Å². The Morgan fingerprint density at radius 3 is 1.77 bits per heavy atom. The van der Waals surface area contributed by atoms with Crippen molar-refractivity contribution in [1.29, 1.82) is 0 Å². The van der Waals surface area contributed by atoms with Gasteiger partial charge in [0.2, 0.25) is 0 Å². The highest BCUT2D eigenvalue weighted by atomic mass is 16.3. The zero-order valence-electron chi connectivity index (χ0n) is 38.3. The van der Waals surface area contributed by atoms with Crippen molar-refractivity contribution < 1.29 is 26.3 Å². The molecule has 44 heavy (non-hydrogen) atoms. The average Bonchev–Trinajstić information content (AvgIpc) is 3.79. The van der Waals surface area contributed by atoms with Gasteiger partial charge in [-0.25, -0.2) is 15.0 Å². The Kier molecular flexibility index (Phi) is 2.99. The number of aromatic nitrogens is 4. The maximum atomic E-state index is 8.85. The van der Waals surface area contributed by atoms with Crippen molar-refractivity contribution in [2.75, 3.05) is 0 Å². The highest BCUT2D eigenvalue weighted by molar-refractivity contribution is 6.12. The minimum atomic E-state index is -0.677. The molecule has 0 spiro atoms. The highest BCUT2D eigenvalue weighted by Gasteiger charge is 2.19. The highest BCUT2D eigenvalue weighted by Crippen LogP contribution is 2.38. The molecule has 0 saturated carbocycles. The maximum Gasteiger partial charge on any atom is 0.167 e. The number of fused-ring (bicyclic) bond motifs is 6. The molecular formula is C39H24N4O. The van der Waals surface area contributed by atoms with Crippen LogP contribution in [0.4, 0.5) is 0 Å². The van der Waals surface area contributed by atoms with E-state index in [1.165, 1.54) is 12.1 Å². The fourth-order valence-electron chi connectivity index (χ4n) is 5.32. The number of nitrogens with zero attached hydrogens (tertiary/aromatic N) is 4. The van der Waals surface area contributed by atoms with Crippen molar-refractivity contribution in [3.8, 4) is 39.9 Å². The van der Waals surface area contributed by atoms with Crippen LogP contribution in [0.2, 0.25) is 0 Å². The summed E-state index contributed by atoms with van der Waals surface area (Å²) in [6.07, 6.45) is 0. The molecule has 0 atom stereocenters. The number of furan rings is 1. The Morgan fingerprint density at radius 1 is 0.523 bits per heavy atom. The first-order chi connectivity index (χ1) is 28.4. The van der Waals surface area contributed by atoms with Gasteiger partial charge in [-0.2, -0.15) is 0 Å². The lowest BCUT2D eigenvalue weighted by molar-refractivity contribution is 0.669. The summed E-state index contributed by atoms with van der Waals surface area (Å²) in [7, 11) is 0. The summed E-state index contributed by atoms with van der Waals surface area (Å²) in [5.41, 5.74) is 0.615. The van der Waals surface area contributed by atoms with E-state index in [0.29, 0.717) is 22.0 Å². The summed E-state index contributed by atoms with van der Waals surface area (Å²) in [5.74, 6) is -1.07. The minimum absolute atomic E-state index is 0.0919. The zero-order valence-corrected chi connectivity index (χ0v) is 22.3. The second-order valence-corrected chi connectivity index (χ2v) is 9.67. The zero-order chi connectivity index (χ0) is 43.0. The lowest BCUT2D eigenvalue weighted by atomic mass is 10.1. The van der Waals surface area contributed by atoms with Crippen molar-refractivity contribution in [1.82, 2.24) is 19.5 Å². The molecule has 0 aliphatic carbocycles. The van der Waals surface area contributed by atoms with Gasteiger partial charge in [0.05, 0.1) is 38.5 Å². The third-order valence-electron chi connectivity index (χ3n) is 7.19. The predicted octanol–water partition coefficient (Wildman–Crippen LogP) is 9.87. The number of rotatable bonds is 4. The lowest BCUT2D eigenvalue weighted by Gasteiger charge is -2.08. The minimum Gasteiger partial charge on any atom is -0.455 e. The molecule has 5 heteroatoms. The van der Waals surface area contributed by atoms with Gasteiger partial charge in [-0.15, -0.1) is 0 Å². The smallest absolute Gasteiger partial charge is 0.167 e. The molecule has 9 rings (SSSR count). The Balaban J connectivity index is 1.33. The van der Waals surface area contributed by atoms with E-state index in [-0.39, 0.29) is 75.0 Å². The number of hydrogen-bond donors (Lipinski definition) is 0. The molecule has 0 unspecified atom stereocenters. The van der Waals surface area contributed by atoms with Crippen LogP contribution >= 0.6 is 0 Å². The van der Waals surface area contributed by atoms with Crippen LogP contribution in [-0.4, -0.2) is 19.5 Å². The van der Waals surface area contributed by atoms with Crippen molar-refractivity contribution >= 4 is 43.7 Å². The molecule has 0 bridgehead atoms. The monoisotopic (exact) mass is 580 g/mol. The van der Waals surface area contributed by atoms with E-state index >= 15 is 0 Å². The molecule has 3 aromatic heterocycles. The average molecular weight is 581 g/mol. The van der Waals surface area contributed by atoms with E-state index in [9.17, 15) is 0 Å². The second-order valence-electron chi connectivity index (χ2n) is 9.67. The molecule has 0 radical (unpaired) electrons. The van der Waals surface area contributed by atoms with Crippen LogP contribution in [0, 0.1) is 0 Å².